The monoisotopic (exact) mass is 666 g/mol. The van der Waals surface area contributed by atoms with Crippen LogP contribution in [0, 0.1) is 0 Å². The summed E-state index contributed by atoms with van der Waals surface area (Å²) < 4.78 is 101. The van der Waals surface area contributed by atoms with Crippen LogP contribution in [0.1, 0.15) is 0 Å². The lowest BCUT2D eigenvalue weighted by Crippen LogP contribution is -2.08. The lowest BCUT2D eigenvalue weighted by molar-refractivity contribution is 0.470. The van der Waals surface area contributed by atoms with Crippen LogP contribution in [0.25, 0.3) is 10.8 Å². The number of aromatic nitrogens is 3. The number of phenols is 2. The first-order valence-electron chi connectivity index (χ1n) is 10.2. The molecular formula is C19H12Cl2N6O11S3. The molecule has 0 aliphatic rings. The molecule has 0 saturated carbocycles. The number of rotatable bonds is 7. The van der Waals surface area contributed by atoms with Gasteiger partial charge in [-0.05, 0) is 59.6 Å². The van der Waals surface area contributed by atoms with Gasteiger partial charge in [-0.25, -0.2) is 0 Å². The molecule has 0 unspecified atom stereocenters. The first kappa shape index (κ1) is 30.2. The fourth-order valence-corrected chi connectivity index (χ4v) is 5.77. The van der Waals surface area contributed by atoms with Crippen LogP contribution in [0.4, 0.5) is 23.0 Å². The Bertz CT molecular complexity index is 2090. The molecule has 0 aliphatic heterocycles. The Hall–Kier alpha value is -3.76. The minimum atomic E-state index is -5.32. The van der Waals surface area contributed by atoms with Crippen LogP contribution >= 0.6 is 23.2 Å². The van der Waals surface area contributed by atoms with Crippen molar-refractivity contribution in [2.24, 2.45) is 10.2 Å². The maximum Gasteiger partial charge on any atom is 0.297 e. The van der Waals surface area contributed by atoms with Crippen molar-refractivity contribution < 1.29 is 49.1 Å². The highest BCUT2D eigenvalue weighted by atomic mass is 35.5. The molecule has 1 heterocycles. The minimum Gasteiger partial charge on any atom is -0.506 e. The van der Waals surface area contributed by atoms with Gasteiger partial charge in [-0.1, -0.05) is 0 Å². The van der Waals surface area contributed by atoms with E-state index < -0.39 is 101 Å². The number of azo groups is 1. The molecule has 0 fully saturated rings. The van der Waals surface area contributed by atoms with Crippen LogP contribution < -0.4 is 5.32 Å². The normalized spacial score (nSPS) is 12.7. The van der Waals surface area contributed by atoms with Gasteiger partial charge in [-0.3, -0.25) is 13.7 Å². The Labute approximate surface area is 239 Å². The van der Waals surface area contributed by atoms with Gasteiger partial charge in [0.05, 0.1) is 10.6 Å². The van der Waals surface area contributed by atoms with Crippen molar-refractivity contribution in [2.45, 2.75) is 14.7 Å². The number of phenolic OH excluding ortho intramolecular Hbond substituents is 2. The SMILES string of the molecule is O=S(=O)(O)c1ccc(O)c(/N=N/c2c(S(=O)(=O)O)cc3c(S(=O)(=O)O)c(Nc4nc(Cl)nc(Cl)n4)ccc3c2O)c1. The molecule has 0 amide bonds. The third-order valence-electron chi connectivity index (χ3n) is 5.05. The lowest BCUT2D eigenvalue weighted by Gasteiger charge is -2.15. The van der Waals surface area contributed by atoms with Crippen molar-refractivity contribution in [1.29, 1.82) is 0 Å². The van der Waals surface area contributed by atoms with Gasteiger partial charge in [0.2, 0.25) is 16.5 Å². The highest BCUT2D eigenvalue weighted by Gasteiger charge is 2.28. The van der Waals surface area contributed by atoms with E-state index in [2.05, 4.69) is 30.5 Å². The van der Waals surface area contributed by atoms with Gasteiger partial charge in [0.15, 0.2) is 5.75 Å². The predicted molar refractivity (Wildman–Crippen MR) is 140 cm³/mol. The molecule has 17 nitrogen and oxygen atoms in total. The van der Waals surface area contributed by atoms with Gasteiger partial charge < -0.3 is 15.5 Å². The smallest absolute Gasteiger partial charge is 0.297 e. The quantitative estimate of drug-likeness (QED) is 0.121. The summed E-state index contributed by atoms with van der Waals surface area (Å²) in [4.78, 5) is 7.94. The van der Waals surface area contributed by atoms with Crippen molar-refractivity contribution in [3.63, 3.8) is 0 Å². The molecule has 0 atom stereocenters. The third kappa shape index (κ3) is 6.44. The first-order valence-corrected chi connectivity index (χ1v) is 15.3. The molecule has 0 bridgehead atoms. The van der Waals surface area contributed by atoms with Crippen molar-refractivity contribution in [3.05, 3.63) is 47.0 Å². The van der Waals surface area contributed by atoms with E-state index in [0.717, 1.165) is 24.3 Å². The third-order valence-corrected chi connectivity index (χ3v) is 8.06. The zero-order valence-electron chi connectivity index (χ0n) is 19.4. The molecule has 1 aromatic heterocycles. The fraction of sp³-hybridized carbons (Fsp3) is 0. The van der Waals surface area contributed by atoms with Gasteiger partial charge in [0.1, 0.15) is 26.9 Å². The van der Waals surface area contributed by atoms with Gasteiger partial charge >= 0.3 is 0 Å². The molecule has 0 spiro atoms. The number of fused-ring (bicyclic) bond motifs is 1. The lowest BCUT2D eigenvalue weighted by atomic mass is 10.1. The van der Waals surface area contributed by atoms with Crippen LogP contribution in [0.2, 0.25) is 10.6 Å². The maximum atomic E-state index is 12.4. The maximum absolute atomic E-state index is 12.4. The molecule has 3 aromatic carbocycles. The molecule has 4 rings (SSSR count). The Morgan fingerprint density at radius 1 is 0.732 bits per heavy atom. The van der Waals surface area contributed by atoms with Gasteiger partial charge in [-0.2, -0.15) is 40.2 Å². The summed E-state index contributed by atoms with van der Waals surface area (Å²) in [6.07, 6.45) is 0. The summed E-state index contributed by atoms with van der Waals surface area (Å²) in [7, 11) is -15.3. The average molecular weight is 667 g/mol. The molecule has 22 heteroatoms. The second-order valence-electron chi connectivity index (χ2n) is 7.71. The number of halogens is 2. The molecule has 216 valence electrons. The summed E-state index contributed by atoms with van der Waals surface area (Å²) >= 11 is 11.4. The van der Waals surface area contributed by atoms with E-state index in [1.807, 2.05) is 0 Å². The summed E-state index contributed by atoms with van der Waals surface area (Å²) in [5.74, 6) is -2.15. The van der Waals surface area contributed by atoms with E-state index in [0.29, 0.717) is 12.1 Å². The highest BCUT2D eigenvalue weighted by Crippen LogP contribution is 2.45. The molecule has 4 aromatic rings. The van der Waals surface area contributed by atoms with Crippen molar-refractivity contribution in [3.8, 4) is 11.5 Å². The van der Waals surface area contributed by atoms with Crippen LogP contribution in [0.5, 0.6) is 11.5 Å². The standard InChI is InChI=1S/C19H12Cl2N6O11S3/c20-17-23-18(21)25-19(24-17)22-10-3-2-8-9(16(10)41(36,37)38)6-13(40(33,34)35)14(15(8)29)27-26-11-5-7(39(30,31)32)1-4-12(11)28/h1-6,28-29H,(H,30,31,32)(H,33,34,35)(H,36,37,38)(H,22,23,24,25)/b27-26+. The summed E-state index contributed by atoms with van der Waals surface area (Å²) in [6, 6.07) is 4.90. The summed E-state index contributed by atoms with van der Waals surface area (Å²) in [5.41, 5.74) is -2.05. The number of benzene rings is 3. The number of hydrogen-bond donors (Lipinski definition) is 6. The molecule has 6 N–H and O–H groups in total. The number of hydrogen-bond acceptors (Lipinski definition) is 14. The predicted octanol–water partition coefficient (Wildman–Crippen LogP) is 3.64. The zero-order valence-corrected chi connectivity index (χ0v) is 23.3. The second kappa shape index (κ2) is 10.6. The minimum absolute atomic E-state index is 0.392. The Morgan fingerprint density at radius 2 is 1.37 bits per heavy atom. The molecule has 0 aliphatic carbocycles. The molecule has 0 radical (unpaired) electrons. The summed E-state index contributed by atoms with van der Waals surface area (Å²) in [5, 5.41) is 28.4. The zero-order chi connectivity index (χ0) is 30.5. The Kier molecular flexibility index (Phi) is 7.79. The summed E-state index contributed by atoms with van der Waals surface area (Å²) in [6.45, 7) is 0. The number of nitrogens with one attached hydrogen (secondary N) is 1. The molecular weight excluding hydrogens is 655 g/mol. The van der Waals surface area contributed by atoms with Crippen molar-refractivity contribution in [2.75, 3.05) is 5.32 Å². The van der Waals surface area contributed by atoms with Crippen LogP contribution in [-0.4, -0.2) is 64.1 Å². The van der Waals surface area contributed by atoms with E-state index in [9.17, 15) is 49.1 Å². The van der Waals surface area contributed by atoms with Crippen LogP contribution in [-0.2, 0) is 30.4 Å². The van der Waals surface area contributed by atoms with E-state index >= 15 is 0 Å². The highest BCUT2D eigenvalue weighted by molar-refractivity contribution is 7.86. The van der Waals surface area contributed by atoms with Crippen LogP contribution in [0.3, 0.4) is 0 Å². The Morgan fingerprint density at radius 3 is 1.93 bits per heavy atom. The number of nitrogens with zero attached hydrogens (tertiary/aromatic N) is 5. The first-order chi connectivity index (χ1) is 18.9. The molecule has 0 saturated heterocycles. The van der Waals surface area contributed by atoms with Crippen molar-refractivity contribution in [1.82, 2.24) is 15.0 Å². The van der Waals surface area contributed by atoms with E-state index in [4.69, 9.17) is 23.2 Å². The van der Waals surface area contributed by atoms with E-state index in [-0.39, 0.29) is 0 Å². The number of aromatic hydroxyl groups is 2. The average Bonchev–Trinajstić information content (AvgIpc) is 2.81. The van der Waals surface area contributed by atoms with E-state index in [1.54, 1.807) is 0 Å². The topological polar surface area (TPSA) is 279 Å². The number of anilines is 2. The van der Waals surface area contributed by atoms with Gasteiger partial charge in [0.25, 0.3) is 30.4 Å². The van der Waals surface area contributed by atoms with Crippen molar-refractivity contribution >= 4 is 87.3 Å². The van der Waals surface area contributed by atoms with Gasteiger partial charge in [0, 0.05) is 10.8 Å². The molecule has 41 heavy (non-hydrogen) atoms. The van der Waals surface area contributed by atoms with E-state index in [1.165, 1.54) is 0 Å². The Balaban J connectivity index is 1.99. The fourth-order valence-electron chi connectivity index (χ4n) is 3.41. The van der Waals surface area contributed by atoms with Gasteiger partial charge in [-0.15, -0.1) is 10.2 Å². The largest absolute Gasteiger partial charge is 0.506 e. The second-order valence-corrected chi connectivity index (χ2v) is 12.6. The van der Waals surface area contributed by atoms with Crippen LogP contribution in [0.15, 0.2) is 61.3 Å².